The third-order valence-electron chi connectivity index (χ3n) is 2.63. The van der Waals surface area contributed by atoms with Crippen molar-refractivity contribution in [3.05, 3.63) is 46.3 Å². The number of aliphatic hydroxyl groups excluding tert-OH is 1. The van der Waals surface area contributed by atoms with Gasteiger partial charge in [0.05, 0.1) is 12.6 Å². The number of nitrogens with zero attached hydrogens (tertiary/aromatic N) is 3. The summed E-state index contributed by atoms with van der Waals surface area (Å²) in [6.07, 6.45) is 0.543. The summed E-state index contributed by atoms with van der Waals surface area (Å²) in [4.78, 5) is 14.2. The van der Waals surface area contributed by atoms with E-state index in [0.717, 1.165) is 5.56 Å². The maximum Gasteiger partial charge on any atom is 0.407 e. The number of benzene rings is 1. The van der Waals surface area contributed by atoms with Crippen LogP contribution in [0.15, 0.2) is 35.4 Å². The van der Waals surface area contributed by atoms with E-state index in [1.807, 2.05) is 30.3 Å². The van der Waals surface area contributed by atoms with E-state index < -0.39 is 12.1 Å². The Morgan fingerprint density at radius 3 is 2.85 bits per heavy atom. The number of hydrogen-bond acceptors (Lipinski definition) is 4. The van der Waals surface area contributed by atoms with Crippen LogP contribution in [0.25, 0.3) is 10.4 Å². The van der Waals surface area contributed by atoms with E-state index >= 15 is 0 Å². The van der Waals surface area contributed by atoms with E-state index in [9.17, 15) is 4.79 Å². The van der Waals surface area contributed by atoms with E-state index in [4.69, 9.17) is 15.4 Å². The van der Waals surface area contributed by atoms with Crippen LogP contribution in [0.2, 0.25) is 0 Å². The van der Waals surface area contributed by atoms with Gasteiger partial charge in [0.15, 0.2) is 0 Å². The zero-order valence-corrected chi connectivity index (χ0v) is 11.1. The Morgan fingerprint density at radius 1 is 1.45 bits per heavy atom. The van der Waals surface area contributed by atoms with Gasteiger partial charge in [-0.25, -0.2) is 4.79 Å². The first kappa shape index (κ1) is 15.8. The number of azide groups is 1. The number of carbonyl (C=O) groups excluding carboxylic acids is 1. The molecule has 0 aliphatic carbocycles. The Labute approximate surface area is 117 Å². The molecule has 20 heavy (non-hydrogen) atoms. The van der Waals surface area contributed by atoms with Crippen LogP contribution >= 0.6 is 0 Å². The van der Waals surface area contributed by atoms with Crippen molar-refractivity contribution in [2.75, 3.05) is 13.2 Å². The third kappa shape index (κ3) is 6.63. The second-order valence-corrected chi connectivity index (χ2v) is 4.18. The summed E-state index contributed by atoms with van der Waals surface area (Å²) < 4.78 is 5.04. The Kier molecular flexibility index (Phi) is 7.64. The van der Waals surface area contributed by atoms with Crippen molar-refractivity contribution >= 4 is 6.09 Å². The molecule has 0 aromatic heterocycles. The Balaban J connectivity index is 2.26. The molecule has 0 saturated carbocycles. The number of nitrogens with one attached hydrogen (secondary N) is 1. The predicted molar refractivity (Wildman–Crippen MR) is 73.9 cm³/mol. The lowest BCUT2D eigenvalue weighted by Gasteiger charge is -2.15. The normalized spacial score (nSPS) is 11.2. The molecule has 0 unspecified atom stereocenters. The number of alkyl carbamates (subject to hydrolysis) is 1. The molecule has 7 heteroatoms. The summed E-state index contributed by atoms with van der Waals surface area (Å²) in [5, 5.41) is 15.1. The highest BCUT2D eigenvalue weighted by atomic mass is 16.5. The average Bonchev–Trinajstić information content (AvgIpc) is 2.49. The smallest absolute Gasteiger partial charge is 0.407 e. The van der Waals surface area contributed by atoms with Gasteiger partial charge in [-0.1, -0.05) is 35.4 Å². The van der Waals surface area contributed by atoms with Gasteiger partial charge in [-0.3, -0.25) is 0 Å². The number of ether oxygens (including phenoxy) is 1. The zero-order chi connectivity index (χ0) is 14.6. The molecule has 0 heterocycles. The van der Waals surface area contributed by atoms with Crippen molar-refractivity contribution in [2.24, 2.45) is 5.11 Å². The molecule has 1 atom stereocenters. The van der Waals surface area contributed by atoms with Gasteiger partial charge in [-0.2, -0.15) is 0 Å². The largest absolute Gasteiger partial charge is 0.445 e. The number of aliphatic hydroxyl groups is 1. The van der Waals surface area contributed by atoms with Crippen molar-refractivity contribution in [1.82, 2.24) is 5.32 Å². The van der Waals surface area contributed by atoms with Crippen LogP contribution in [0, 0.1) is 0 Å². The van der Waals surface area contributed by atoms with Gasteiger partial charge in [-0.05, 0) is 23.9 Å². The molecule has 108 valence electrons. The molecule has 0 aliphatic heterocycles. The monoisotopic (exact) mass is 278 g/mol. The number of carbonyl (C=O) groups is 1. The zero-order valence-electron chi connectivity index (χ0n) is 11.1. The van der Waals surface area contributed by atoms with Gasteiger partial charge in [-0.15, -0.1) is 0 Å². The maximum atomic E-state index is 11.5. The Morgan fingerprint density at radius 2 is 2.20 bits per heavy atom. The molecule has 2 N–H and O–H groups in total. The maximum absolute atomic E-state index is 11.5. The van der Waals surface area contributed by atoms with Crippen LogP contribution in [-0.4, -0.2) is 30.4 Å². The summed E-state index contributed by atoms with van der Waals surface area (Å²) in [5.74, 6) is 0. The molecular formula is C13H18N4O3. The molecule has 0 aliphatic rings. The van der Waals surface area contributed by atoms with Gasteiger partial charge in [0.1, 0.15) is 6.61 Å². The second kappa shape index (κ2) is 9.66. The summed E-state index contributed by atoms with van der Waals surface area (Å²) in [6, 6.07) is 8.93. The summed E-state index contributed by atoms with van der Waals surface area (Å²) in [7, 11) is 0. The fourth-order valence-corrected chi connectivity index (χ4v) is 1.59. The highest BCUT2D eigenvalue weighted by Gasteiger charge is 2.11. The third-order valence-corrected chi connectivity index (χ3v) is 2.63. The molecule has 0 spiro atoms. The molecule has 1 aromatic rings. The molecule has 1 rings (SSSR count). The minimum absolute atomic E-state index is 0.184. The molecule has 1 amide bonds. The van der Waals surface area contributed by atoms with Crippen LogP contribution < -0.4 is 5.32 Å². The fourth-order valence-electron chi connectivity index (χ4n) is 1.59. The van der Waals surface area contributed by atoms with E-state index in [2.05, 4.69) is 15.3 Å². The fraction of sp³-hybridized carbons (Fsp3) is 0.462. The average molecular weight is 278 g/mol. The van der Waals surface area contributed by atoms with Crippen LogP contribution in [-0.2, 0) is 11.3 Å². The molecule has 0 fully saturated rings. The van der Waals surface area contributed by atoms with Gasteiger partial charge in [0, 0.05) is 11.5 Å². The van der Waals surface area contributed by atoms with Crippen LogP contribution in [0.1, 0.15) is 18.4 Å². The SMILES string of the molecule is [N-]=[N+]=NCCC[C@@H](CO)NC(=O)OCc1ccccc1. The molecule has 7 nitrogen and oxygen atoms in total. The van der Waals surface area contributed by atoms with Gasteiger partial charge in [0.2, 0.25) is 0 Å². The van der Waals surface area contributed by atoms with Crippen molar-refractivity contribution < 1.29 is 14.6 Å². The second-order valence-electron chi connectivity index (χ2n) is 4.18. The molecule has 0 radical (unpaired) electrons. The lowest BCUT2D eigenvalue weighted by molar-refractivity contribution is 0.128. The van der Waals surface area contributed by atoms with Gasteiger partial charge < -0.3 is 15.2 Å². The number of rotatable bonds is 8. The first-order valence-corrected chi connectivity index (χ1v) is 6.35. The van der Waals surface area contributed by atoms with Crippen molar-refractivity contribution in [1.29, 1.82) is 0 Å². The molecule has 1 aromatic carbocycles. The summed E-state index contributed by atoms with van der Waals surface area (Å²) in [5.41, 5.74) is 9.03. The van der Waals surface area contributed by atoms with E-state index in [1.54, 1.807) is 0 Å². The highest BCUT2D eigenvalue weighted by Crippen LogP contribution is 2.02. The van der Waals surface area contributed by atoms with Crippen LogP contribution in [0.3, 0.4) is 0 Å². The molecule has 0 saturated heterocycles. The molecular weight excluding hydrogens is 260 g/mol. The van der Waals surface area contributed by atoms with Crippen LogP contribution in [0.4, 0.5) is 4.79 Å². The van der Waals surface area contributed by atoms with Gasteiger partial charge >= 0.3 is 6.09 Å². The minimum atomic E-state index is -0.573. The Hall–Kier alpha value is -2.24. The summed E-state index contributed by atoms with van der Waals surface area (Å²) >= 11 is 0. The summed E-state index contributed by atoms with van der Waals surface area (Å²) in [6.45, 7) is 0.341. The first-order chi connectivity index (χ1) is 9.76. The van der Waals surface area contributed by atoms with Crippen LogP contribution in [0.5, 0.6) is 0 Å². The first-order valence-electron chi connectivity index (χ1n) is 6.35. The number of amides is 1. The van der Waals surface area contributed by atoms with E-state index in [1.165, 1.54) is 0 Å². The number of hydrogen-bond donors (Lipinski definition) is 2. The topological polar surface area (TPSA) is 107 Å². The lowest BCUT2D eigenvalue weighted by atomic mass is 10.2. The van der Waals surface area contributed by atoms with Crippen molar-refractivity contribution in [3.63, 3.8) is 0 Å². The standard InChI is InChI=1S/C13H18N4O3/c14-17-15-8-4-7-12(9-18)16-13(19)20-10-11-5-2-1-3-6-11/h1-3,5-6,12,18H,4,7-10H2,(H,16,19)/t12-/m0/s1. The quantitative estimate of drug-likeness (QED) is 0.330. The van der Waals surface area contributed by atoms with Crippen molar-refractivity contribution in [3.8, 4) is 0 Å². The van der Waals surface area contributed by atoms with E-state index in [-0.39, 0.29) is 13.2 Å². The highest BCUT2D eigenvalue weighted by molar-refractivity contribution is 5.67. The predicted octanol–water partition coefficient (Wildman–Crippen LogP) is 2.36. The van der Waals surface area contributed by atoms with E-state index in [0.29, 0.717) is 19.4 Å². The lowest BCUT2D eigenvalue weighted by Crippen LogP contribution is -2.37. The molecule has 0 bridgehead atoms. The Bertz CT molecular complexity index is 446. The van der Waals surface area contributed by atoms with Crippen molar-refractivity contribution in [2.45, 2.75) is 25.5 Å². The van der Waals surface area contributed by atoms with Gasteiger partial charge in [0.25, 0.3) is 0 Å². The minimum Gasteiger partial charge on any atom is -0.445 e.